The number of guanidine groups is 1. The zero-order valence-corrected chi connectivity index (χ0v) is 15.5. The summed E-state index contributed by atoms with van der Waals surface area (Å²) in [5.74, 6) is 0.688. The third-order valence-electron chi connectivity index (χ3n) is 2.88. The first-order chi connectivity index (χ1) is 9.61. The molecule has 0 bridgehead atoms. The number of hydrogen-bond acceptors (Lipinski definition) is 2. The Morgan fingerprint density at radius 1 is 1.38 bits per heavy atom. The van der Waals surface area contributed by atoms with Gasteiger partial charge in [0.1, 0.15) is 5.15 Å². The fourth-order valence-electron chi connectivity index (χ4n) is 1.72. The van der Waals surface area contributed by atoms with Gasteiger partial charge in [0.15, 0.2) is 5.96 Å². The predicted molar refractivity (Wildman–Crippen MR) is 96.5 cm³/mol. The summed E-state index contributed by atoms with van der Waals surface area (Å²) in [5.41, 5.74) is 1.96. The number of halogens is 3. The lowest BCUT2D eigenvalue weighted by Crippen LogP contribution is -2.36. The molecular weight excluding hydrogens is 426 g/mol. The number of H-pyrrole nitrogens is 1. The Hall–Kier alpha value is -0.930. The van der Waals surface area contributed by atoms with Crippen LogP contribution in [-0.4, -0.2) is 27.8 Å². The van der Waals surface area contributed by atoms with E-state index in [9.17, 15) is 0 Å². The van der Waals surface area contributed by atoms with Gasteiger partial charge in [-0.1, -0.05) is 23.2 Å². The molecule has 0 saturated heterocycles. The van der Waals surface area contributed by atoms with E-state index in [-0.39, 0.29) is 24.0 Å². The van der Waals surface area contributed by atoms with Crippen molar-refractivity contribution < 1.29 is 0 Å². The van der Waals surface area contributed by atoms with E-state index in [1.165, 1.54) is 0 Å². The van der Waals surface area contributed by atoms with Crippen molar-refractivity contribution in [3.8, 4) is 0 Å². The maximum Gasteiger partial charge on any atom is 0.191 e. The van der Waals surface area contributed by atoms with Gasteiger partial charge in [0.05, 0.1) is 23.8 Å². The second-order valence-electron chi connectivity index (χ2n) is 4.19. The van der Waals surface area contributed by atoms with Crippen LogP contribution in [0.1, 0.15) is 11.4 Å². The van der Waals surface area contributed by atoms with Crippen molar-refractivity contribution in [1.29, 1.82) is 0 Å². The van der Waals surface area contributed by atoms with Crippen LogP contribution in [0.2, 0.25) is 10.2 Å². The van der Waals surface area contributed by atoms with Crippen molar-refractivity contribution in [2.24, 2.45) is 12.0 Å². The fraction of sp³-hybridized carbons (Fsp3) is 0.333. The Bertz CT molecular complexity index is 593. The van der Waals surface area contributed by atoms with E-state index in [0.29, 0.717) is 29.2 Å². The van der Waals surface area contributed by atoms with Crippen molar-refractivity contribution in [3.63, 3.8) is 0 Å². The molecule has 116 valence electrons. The van der Waals surface area contributed by atoms with Gasteiger partial charge in [-0.3, -0.25) is 10.1 Å². The molecule has 0 aromatic carbocycles. The largest absolute Gasteiger partial charge is 0.351 e. The molecule has 6 nitrogen and oxygen atoms in total. The Labute approximate surface area is 150 Å². The van der Waals surface area contributed by atoms with Gasteiger partial charge in [0.25, 0.3) is 0 Å². The summed E-state index contributed by atoms with van der Waals surface area (Å²) in [6, 6.07) is 3.73. The molecule has 0 unspecified atom stereocenters. The van der Waals surface area contributed by atoms with Crippen LogP contribution in [0.3, 0.4) is 0 Å². The lowest BCUT2D eigenvalue weighted by Gasteiger charge is -2.11. The van der Waals surface area contributed by atoms with Crippen LogP contribution in [-0.2, 0) is 20.1 Å². The number of rotatable bonds is 4. The van der Waals surface area contributed by atoms with Crippen LogP contribution in [0.25, 0.3) is 0 Å². The van der Waals surface area contributed by atoms with E-state index in [1.807, 2.05) is 23.7 Å². The third-order valence-corrected chi connectivity index (χ3v) is 3.72. The van der Waals surface area contributed by atoms with E-state index < -0.39 is 0 Å². The van der Waals surface area contributed by atoms with Crippen molar-refractivity contribution in [3.05, 3.63) is 39.9 Å². The highest BCUT2D eigenvalue weighted by Gasteiger charge is 2.09. The lowest BCUT2D eigenvalue weighted by molar-refractivity contribution is 0.744. The maximum absolute atomic E-state index is 6.02. The minimum absolute atomic E-state index is 0. The van der Waals surface area contributed by atoms with E-state index in [1.54, 1.807) is 13.2 Å². The molecule has 0 saturated carbocycles. The van der Waals surface area contributed by atoms with Crippen molar-refractivity contribution in [2.75, 3.05) is 7.05 Å². The minimum Gasteiger partial charge on any atom is -0.351 e. The Balaban J connectivity index is 0.00000220. The molecule has 2 rings (SSSR count). The zero-order valence-electron chi connectivity index (χ0n) is 11.7. The quantitative estimate of drug-likeness (QED) is 0.387. The molecule has 0 aliphatic rings. The van der Waals surface area contributed by atoms with Crippen LogP contribution in [0, 0.1) is 0 Å². The van der Waals surface area contributed by atoms with Gasteiger partial charge in [0.2, 0.25) is 0 Å². The topological polar surface area (TPSA) is 70.0 Å². The second kappa shape index (κ2) is 8.50. The summed E-state index contributed by atoms with van der Waals surface area (Å²) in [6.07, 6.45) is 1.71. The van der Waals surface area contributed by atoms with Gasteiger partial charge in [-0.25, -0.2) is 0 Å². The van der Waals surface area contributed by atoms with Crippen molar-refractivity contribution >= 4 is 53.1 Å². The molecule has 3 N–H and O–H groups in total. The molecule has 0 fully saturated rings. The highest BCUT2D eigenvalue weighted by molar-refractivity contribution is 14.0. The van der Waals surface area contributed by atoms with Crippen LogP contribution < -0.4 is 10.6 Å². The van der Waals surface area contributed by atoms with Crippen molar-refractivity contribution in [2.45, 2.75) is 13.1 Å². The van der Waals surface area contributed by atoms with Crippen molar-refractivity contribution in [1.82, 2.24) is 25.4 Å². The monoisotopic (exact) mass is 442 g/mol. The Morgan fingerprint density at radius 2 is 2.10 bits per heavy atom. The smallest absolute Gasteiger partial charge is 0.191 e. The zero-order chi connectivity index (χ0) is 14.5. The highest BCUT2D eigenvalue weighted by atomic mass is 127. The molecule has 2 aromatic rings. The second-order valence-corrected chi connectivity index (χ2v) is 4.96. The molecule has 2 aromatic heterocycles. The van der Waals surface area contributed by atoms with Gasteiger partial charge in [-0.15, -0.1) is 24.0 Å². The minimum atomic E-state index is 0. The SMILES string of the molecule is CN=C(NCc1ccn[nH]1)NCc1cc(Cl)c(Cl)n1C.I. The molecule has 2 heterocycles. The molecule has 21 heavy (non-hydrogen) atoms. The Morgan fingerprint density at radius 3 is 2.62 bits per heavy atom. The number of aromatic amines is 1. The van der Waals surface area contributed by atoms with Crippen LogP contribution in [0.4, 0.5) is 0 Å². The van der Waals surface area contributed by atoms with E-state index >= 15 is 0 Å². The highest BCUT2D eigenvalue weighted by Crippen LogP contribution is 2.24. The molecular formula is C12H17Cl2IN6. The normalized spacial score (nSPS) is 11.1. The van der Waals surface area contributed by atoms with Gasteiger partial charge in [0, 0.05) is 26.0 Å². The van der Waals surface area contributed by atoms with Crippen LogP contribution in [0.15, 0.2) is 23.3 Å². The summed E-state index contributed by atoms with van der Waals surface area (Å²) < 4.78 is 1.83. The van der Waals surface area contributed by atoms with E-state index in [4.69, 9.17) is 23.2 Å². The number of nitrogens with zero attached hydrogens (tertiary/aromatic N) is 3. The van der Waals surface area contributed by atoms with E-state index in [2.05, 4.69) is 25.8 Å². The molecule has 0 aliphatic carbocycles. The molecule has 0 spiro atoms. The molecule has 0 aliphatic heterocycles. The van der Waals surface area contributed by atoms with E-state index in [0.717, 1.165) is 11.4 Å². The lowest BCUT2D eigenvalue weighted by atomic mass is 10.4. The Kier molecular flexibility index (Phi) is 7.33. The standard InChI is InChI=1S/C12H16Cl2N6.HI/c1-15-12(16-6-8-3-4-18-19-8)17-7-9-5-10(13)11(14)20(9)2;/h3-5H,6-7H2,1-2H3,(H,18,19)(H2,15,16,17);1H. The molecule has 0 atom stereocenters. The molecule has 9 heteroatoms. The fourth-order valence-corrected chi connectivity index (χ4v) is 2.13. The van der Waals surface area contributed by atoms with Gasteiger partial charge >= 0.3 is 0 Å². The first-order valence-electron chi connectivity index (χ1n) is 6.04. The van der Waals surface area contributed by atoms with Gasteiger partial charge in [-0.2, -0.15) is 5.10 Å². The molecule has 0 radical (unpaired) electrons. The third kappa shape index (κ3) is 4.79. The number of nitrogens with one attached hydrogen (secondary N) is 3. The summed E-state index contributed by atoms with van der Waals surface area (Å²) in [5, 5.41) is 14.2. The first kappa shape index (κ1) is 18.1. The average Bonchev–Trinajstić information content (AvgIpc) is 3.04. The number of aromatic nitrogens is 3. The van der Waals surface area contributed by atoms with Gasteiger partial charge < -0.3 is 15.2 Å². The van der Waals surface area contributed by atoms with Crippen LogP contribution in [0.5, 0.6) is 0 Å². The summed E-state index contributed by atoms with van der Waals surface area (Å²) >= 11 is 12.0. The average molecular weight is 443 g/mol. The number of hydrogen-bond donors (Lipinski definition) is 3. The maximum atomic E-state index is 6.02. The first-order valence-corrected chi connectivity index (χ1v) is 6.79. The number of aliphatic imine (C=N–C) groups is 1. The summed E-state index contributed by atoms with van der Waals surface area (Å²) in [6.45, 7) is 1.19. The summed E-state index contributed by atoms with van der Waals surface area (Å²) in [7, 11) is 3.58. The molecule has 0 amide bonds. The van der Waals surface area contributed by atoms with Gasteiger partial charge in [-0.05, 0) is 12.1 Å². The summed E-state index contributed by atoms with van der Waals surface area (Å²) in [4.78, 5) is 4.15. The van der Waals surface area contributed by atoms with Crippen LogP contribution >= 0.6 is 47.2 Å². The predicted octanol–water partition coefficient (Wildman–Crippen LogP) is 2.54.